The van der Waals surface area contributed by atoms with Gasteiger partial charge < -0.3 is 19.5 Å². The van der Waals surface area contributed by atoms with Crippen LogP contribution < -0.4 is 14.8 Å². The molecule has 210 valence electrons. The van der Waals surface area contributed by atoms with E-state index in [1.165, 1.54) is 35.8 Å². The number of carbonyl (C=O) groups excluding carboxylic acids is 2. The Labute approximate surface area is 244 Å². The van der Waals surface area contributed by atoms with Gasteiger partial charge in [0.05, 0.1) is 12.6 Å². The summed E-state index contributed by atoms with van der Waals surface area (Å²) in [6.07, 6.45) is 0.222. The number of rotatable bonds is 7. The molecular weight excluding hydrogens is 560 g/mol. The summed E-state index contributed by atoms with van der Waals surface area (Å²) in [4.78, 5) is 25.8. The normalized spacial score (nSPS) is 12.6. The van der Waals surface area contributed by atoms with Crippen molar-refractivity contribution in [1.29, 1.82) is 0 Å². The lowest BCUT2D eigenvalue weighted by molar-refractivity contribution is -0.115. The number of nitrogens with zero attached hydrogens (tertiary/aromatic N) is 3. The predicted molar refractivity (Wildman–Crippen MR) is 161 cm³/mol. The number of thiophene rings is 1. The Morgan fingerprint density at radius 3 is 2.66 bits per heavy atom. The Balaban J connectivity index is 1.20. The Kier molecular flexibility index (Phi) is 7.31. The Morgan fingerprint density at radius 1 is 1.05 bits per heavy atom. The SMILES string of the molecule is COC(=O)c1c(-c2ccc3c(c2)OCCO3)csc1NC(=O)CCSc1nnc2cc(C)c3cc(C)cc(C)c3n12. The molecule has 2 aromatic carbocycles. The van der Waals surface area contributed by atoms with Crippen molar-refractivity contribution in [2.45, 2.75) is 32.3 Å². The minimum absolute atomic E-state index is 0.209. The van der Waals surface area contributed by atoms with Crippen molar-refractivity contribution in [3.05, 3.63) is 64.0 Å². The van der Waals surface area contributed by atoms with E-state index in [-0.39, 0.29) is 12.3 Å². The summed E-state index contributed by atoms with van der Waals surface area (Å²) in [5.41, 5.74) is 7.10. The monoisotopic (exact) mass is 588 g/mol. The number of aryl methyl sites for hydroxylation is 3. The first-order valence-corrected chi connectivity index (χ1v) is 15.0. The van der Waals surface area contributed by atoms with Crippen LogP contribution in [0.5, 0.6) is 11.5 Å². The van der Waals surface area contributed by atoms with Gasteiger partial charge in [-0.3, -0.25) is 9.20 Å². The quantitative estimate of drug-likeness (QED) is 0.177. The van der Waals surface area contributed by atoms with E-state index in [2.05, 4.69) is 52.8 Å². The van der Waals surface area contributed by atoms with E-state index >= 15 is 0 Å². The largest absolute Gasteiger partial charge is 0.486 e. The number of benzene rings is 2. The van der Waals surface area contributed by atoms with Crippen LogP contribution in [0.15, 0.2) is 46.9 Å². The standard InChI is InChI=1S/C30H28N4O5S2/c1-16-11-18(3)27-20(12-16)17(2)13-24-32-33-30(34(24)27)40-10-7-25(35)31-28-26(29(36)37-4)21(15-41-28)19-5-6-22-23(14-19)39-9-8-38-22/h5-6,11-15H,7-10H2,1-4H3,(H,31,35). The van der Waals surface area contributed by atoms with Crippen LogP contribution in [0, 0.1) is 20.8 Å². The number of pyridine rings is 1. The number of hydrogen-bond donors (Lipinski definition) is 1. The number of aromatic nitrogens is 3. The summed E-state index contributed by atoms with van der Waals surface area (Å²) in [5, 5.41) is 15.9. The molecule has 4 heterocycles. The third kappa shape index (κ3) is 5.11. The van der Waals surface area contributed by atoms with Crippen LogP contribution in [0.1, 0.15) is 33.5 Å². The smallest absolute Gasteiger partial charge is 0.341 e. The number of nitrogens with one attached hydrogen (secondary N) is 1. The van der Waals surface area contributed by atoms with Crippen molar-refractivity contribution < 1.29 is 23.8 Å². The van der Waals surface area contributed by atoms with E-state index in [1.807, 2.05) is 29.6 Å². The fourth-order valence-electron chi connectivity index (χ4n) is 5.11. The van der Waals surface area contributed by atoms with Gasteiger partial charge in [0.15, 0.2) is 22.3 Å². The number of fused-ring (bicyclic) bond motifs is 4. The maximum Gasteiger partial charge on any atom is 0.341 e. The Morgan fingerprint density at radius 2 is 1.85 bits per heavy atom. The number of carbonyl (C=O) groups is 2. The predicted octanol–water partition coefficient (Wildman–Crippen LogP) is 6.21. The lowest BCUT2D eigenvalue weighted by atomic mass is 10.0. The average Bonchev–Trinajstić information content (AvgIpc) is 3.56. The first kappa shape index (κ1) is 27.1. The molecule has 6 rings (SSSR count). The molecule has 0 bridgehead atoms. The lowest BCUT2D eigenvalue weighted by Gasteiger charge is -2.19. The van der Waals surface area contributed by atoms with Crippen molar-refractivity contribution >= 4 is 56.5 Å². The molecule has 1 amide bonds. The second-order valence-corrected chi connectivity index (χ2v) is 11.8. The van der Waals surface area contributed by atoms with E-state index in [0.29, 0.717) is 46.6 Å². The second kappa shape index (κ2) is 11.1. The van der Waals surface area contributed by atoms with Crippen molar-refractivity contribution in [3.63, 3.8) is 0 Å². The van der Waals surface area contributed by atoms with Gasteiger partial charge in [0.25, 0.3) is 0 Å². The molecule has 0 fully saturated rings. The average molecular weight is 589 g/mol. The summed E-state index contributed by atoms with van der Waals surface area (Å²) in [7, 11) is 1.33. The van der Waals surface area contributed by atoms with Crippen LogP contribution in [-0.2, 0) is 9.53 Å². The van der Waals surface area contributed by atoms with Crippen LogP contribution in [0.2, 0.25) is 0 Å². The fourth-order valence-corrected chi connectivity index (χ4v) is 6.97. The minimum atomic E-state index is -0.525. The zero-order valence-electron chi connectivity index (χ0n) is 23.1. The van der Waals surface area contributed by atoms with E-state index in [9.17, 15) is 9.59 Å². The van der Waals surface area contributed by atoms with Crippen LogP contribution in [0.25, 0.3) is 27.7 Å². The van der Waals surface area contributed by atoms with Gasteiger partial charge in [-0.1, -0.05) is 29.5 Å². The molecule has 0 saturated heterocycles. The molecule has 3 aromatic heterocycles. The number of esters is 1. The molecule has 0 saturated carbocycles. The molecule has 0 unspecified atom stereocenters. The molecule has 5 aromatic rings. The summed E-state index contributed by atoms with van der Waals surface area (Å²) >= 11 is 2.75. The number of anilines is 1. The summed E-state index contributed by atoms with van der Waals surface area (Å²) < 4.78 is 18.4. The van der Waals surface area contributed by atoms with Crippen molar-refractivity contribution in [1.82, 2.24) is 14.6 Å². The topological polar surface area (TPSA) is 104 Å². The Bertz CT molecular complexity index is 1830. The highest BCUT2D eigenvalue weighted by Crippen LogP contribution is 2.40. The molecule has 1 aliphatic heterocycles. The number of hydrogen-bond acceptors (Lipinski definition) is 9. The van der Waals surface area contributed by atoms with Gasteiger partial charge in [0, 0.05) is 28.5 Å². The summed E-state index contributed by atoms with van der Waals surface area (Å²) in [6, 6.07) is 11.9. The molecule has 1 aliphatic rings. The van der Waals surface area contributed by atoms with Gasteiger partial charge in [-0.05, 0) is 61.7 Å². The van der Waals surface area contributed by atoms with Crippen LogP contribution in [0.3, 0.4) is 0 Å². The zero-order valence-corrected chi connectivity index (χ0v) is 24.7. The maximum atomic E-state index is 13.0. The highest BCUT2D eigenvalue weighted by Gasteiger charge is 2.24. The van der Waals surface area contributed by atoms with Crippen LogP contribution in [-0.4, -0.2) is 52.6 Å². The van der Waals surface area contributed by atoms with E-state index < -0.39 is 5.97 Å². The molecular formula is C30H28N4O5S2. The fraction of sp³-hybridized carbons (Fsp3) is 0.267. The van der Waals surface area contributed by atoms with Gasteiger partial charge in [-0.15, -0.1) is 21.5 Å². The first-order valence-electron chi connectivity index (χ1n) is 13.1. The van der Waals surface area contributed by atoms with Crippen molar-refractivity contribution in [2.75, 3.05) is 31.4 Å². The summed E-state index contributed by atoms with van der Waals surface area (Å²) in [6.45, 7) is 7.22. The summed E-state index contributed by atoms with van der Waals surface area (Å²) in [5.74, 6) is 1.03. The number of methoxy groups -OCH3 is 1. The van der Waals surface area contributed by atoms with Gasteiger partial charge in [0.1, 0.15) is 23.8 Å². The van der Waals surface area contributed by atoms with Gasteiger partial charge in [0.2, 0.25) is 5.91 Å². The third-order valence-corrected chi connectivity index (χ3v) is 8.77. The van der Waals surface area contributed by atoms with Gasteiger partial charge in [-0.2, -0.15) is 0 Å². The molecule has 0 atom stereocenters. The first-order chi connectivity index (χ1) is 19.8. The number of thioether (sulfide) groups is 1. The van der Waals surface area contributed by atoms with Crippen molar-refractivity contribution in [3.8, 4) is 22.6 Å². The van der Waals surface area contributed by atoms with Gasteiger partial charge >= 0.3 is 5.97 Å². The molecule has 11 heteroatoms. The molecule has 1 N–H and O–H groups in total. The molecule has 41 heavy (non-hydrogen) atoms. The second-order valence-electron chi connectivity index (χ2n) is 9.83. The molecule has 0 radical (unpaired) electrons. The highest BCUT2D eigenvalue weighted by atomic mass is 32.2. The van der Waals surface area contributed by atoms with Gasteiger partial charge in [-0.25, -0.2) is 4.79 Å². The van der Waals surface area contributed by atoms with Crippen LogP contribution in [0.4, 0.5) is 5.00 Å². The minimum Gasteiger partial charge on any atom is -0.486 e. The van der Waals surface area contributed by atoms with Crippen molar-refractivity contribution in [2.24, 2.45) is 0 Å². The van der Waals surface area contributed by atoms with E-state index in [4.69, 9.17) is 14.2 Å². The molecule has 0 spiro atoms. The highest BCUT2D eigenvalue weighted by molar-refractivity contribution is 7.99. The molecule has 0 aliphatic carbocycles. The van der Waals surface area contributed by atoms with E-state index in [0.717, 1.165) is 38.4 Å². The van der Waals surface area contributed by atoms with E-state index in [1.54, 1.807) is 0 Å². The number of ether oxygens (including phenoxy) is 3. The third-order valence-electron chi connectivity index (χ3n) is 6.94. The maximum absolute atomic E-state index is 13.0. The number of amides is 1. The molecule has 9 nitrogen and oxygen atoms in total. The zero-order chi connectivity index (χ0) is 28.7. The Hall–Kier alpha value is -4.09. The van der Waals surface area contributed by atoms with Crippen LogP contribution >= 0.6 is 23.1 Å². The lowest BCUT2D eigenvalue weighted by Crippen LogP contribution is -2.15.